The maximum absolute atomic E-state index is 5.10. The lowest BCUT2D eigenvalue weighted by Crippen LogP contribution is -2.25. The first kappa shape index (κ1) is 7.03. The minimum Gasteiger partial charge on any atom is -0.373 e. The number of nitrogens with zero attached hydrogens (tertiary/aromatic N) is 1. The Morgan fingerprint density at radius 1 is 1.67 bits per heavy atom. The molecule has 1 heterocycles. The van der Waals surface area contributed by atoms with E-state index in [4.69, 9.17) is 4.74 Å². The lowest BCUT2D eigenvalue weighted by atomic mass is 10.2. The largest absolute Gasteiger partial charge is 0.373 e. The molecule has 1 rings (SSSR count). The van der Waals surface area contributed by atoms with Crippen LogP contribution in [0.1, 0.15) is 13.3 Å². The Balaban J connectivity index is 2.09. The van der Waals surface area contributed by atoms with Gasteiger partial charge in [-0.05, 0) is 27.4 Å². The molecule has 2 heteroatoms. The Labute approximate surface area is 56.8 Å². The van der Waals surface area contributed by atoms with Crippen LogP contribution < -0.4 is 0 Å². The first-order valence-electron chi connectivity index (χ1n) is 3.48. The number of ether oxygens (including phenoxy) is 1. The van der Waals surface area contributed by atoms with Gasteiger partial charge in [0.2, 0.25) is 0 Å². The monoisotopic (exact) mass is 129 g/mol. The minimum absolute atomic E-state index is 0.572. The fourth-order valence-electron chi connectivity index (χ4n) is 0.795. The highest BCUT2D eigenvalue weighted by Crippen LogP contribution is 2.16. The van der Waals surface area contributed by atoms with Crippen LogP contribution in [-0.4, -0.2) is 37.7 Å². The summed E-state index contributed by atoms with van der Waals surface area (Å²) in [6.07, 6.45) is 1.76. The van der Waals surface area contributed by atoms with Crippen molar-refractivity contribution in [2.24, 2.45) is 0 Å². The molecule has 0 radical (unpaired) electrons. The van der Waals surface area contributed by atoms with E-state index in [2.05, 4.69) is 25.9 Å². The Hall–Kier alpha value is -0.0800. The number of hydrogen-bond donors (Lipinski definition) is 0. The number of rotatable bonds is 3. The first-order chi connectivity index (χ1) is 4.20. The molecule has 0 aliphatic carbocycles. The fraction of sp³-hybridized carbons (Fsp3) is 1.00. The molecule has 2 unspecified atom stereocenters. The summed E-state index contributed by atoms with van der Waals surface area (Å²) in [4.78, 5) is 2.22. The van der Waals surface area contributed by atoms with Crippen molar-refractivity contribution in [3.05, 3.63) is 0 Å². The second-order valence-corrected chi connectivity index (χ2v) is 3.00. The summed E-state index contributed by atoms with van der Waals surface area (Å²) in [6, 6.07) is 0.664. The van der Waals surface area contributed by atoms with Gasteiger partial charge in [0.05, 0.1) is 12.7 Å². The molecule has 0 N–H and O–H groups in total. The van der Waals surface area contributed by atoms with Crippen molar-refractivity contribution in [1.29, 1.82) is 0 Å². The summed E-state index contributed by atoms with van der Waals surface area (Å²) in [5.74, 6) is 0. The molecule has 0 spiro atoms. The summed E-state index contributed by atoms with van der Waals surface area (Å²) in [7, 11) is 4.21. The number of hydrogen-bond acceptors (Lipinski definition) is 2. The first-order valence-corrected chi connectivity index (χ1v) is 3.48. The highest BCUT2D eigenvalue weighted by atomic mass is 16.6. The zero-order valence-corrected chi connectivity index (χ0v) is 6.42. The Morgan fingerprint density at radius 2 is 2.22 bits per heavy atom. The Kier molecular flexibility index (Phi) is 2.09. The van der Waals surface area contributed by atoms with Crippen molar-refractivity contribution in [3.8, 4) is 0 Å². The third-order valence-corrected chi connectivity index (χ3v) is 1.89. The molecule has 2 nitrogen and oxygen atoms in total. The molecular weight excluding hydrogens is 114 g/mol. The zero-order chi connectivity index (χ0) is 6.85. The van der Waals surface area contributed by atoms with Crippen LogP contribution in [0.4, 0.5) is 0 Å². The third kappa shape index (κ3) is 2.33. The van der Waals surface area contributed by atoms with Gasteiger partial charge in [-0.3, -0.25) is 0 Å². The van der Waals surface area contributed by atoms with Crippen molar-refractivity contribution in [2.75, 3.05) is 20.7 Å². The van der Waals surface area contributed by atoms with E-state index in [1.165, 1.54) is 6.42 Å². The summed E-state index contributed by atoms with van der Waals surface area (Å²) in [6.45, 7) is 3.21. The van der Waals surface area contributed by atoms with Gasteiger partial charge >= 0.3 is 0 Å². The molecule has 1 fully saturated rings. The molecule has 1 aliphatic heterocycles. The molecule has 1 saturated heterocycles. The van der Waals surface area contributed by atoms with Crippen LogP contribution in [0, 0.1) is 0 Å². The zero-order valence-electron chi connectivity index (χ0n) is 6.42. The topological polar surface area (TPSA) is 15.8 Å². The quantitative estimate of drug-likeness (QED) is 0.522. The van der Waals surface area contributed by atoms with Crippen molar-refractivity contribution in [3.63, 3.8) is 0 Å². The van der Waals surface area contributed by atoms with Crippen molar-refractivity contribution < 1.29 is 4.74 Å². The molecule has 0 aromatic rings. The molecule has 0 saturated carbocycles. The molecule has 0 aromatic carbocycles. The van der Waals surface area contributed by atoms with Crippen LogP contribution in [-0.2, 0) is 4.74 Å². The van der Waals surface area contributed by atoms with Gasteiger partial charge < -0.3 is 9.64 Å². The lowest BCUT2D eigenvalue weighted by Gasteiger charge is -2.17. The van der Waals surface area contributed by atoms with E-state index >= 15 is 0 Å². The van der Waals surface area contributed by atoms with E-state index < -0.39 is 0 Å². The minimum atomic E-state index is 0.572. The van der Waals surface area contributed by atoms with Crippen molar-refractivity contribution in [2.45, 2.75) is 25.5 Å². The van der Waals surface area contributed by atoms with Gasteiger partial charge in [0.25, 0.3) is 0 Å². The van der Waals surface area contributed by atoms with E-state index in [0.717, 1.165) is 6.61 Å². The van der Waals surface area contributed by atoms with Crippen LogP contribution in [0.5, 0.6) is 0 Å². The van der Waals surface area contributed by atoms with Crippen LogP contribution in [0.15, 0.2) is 0 Å². The summed E-state index contributed by atoms with van der Waals surface area (Å²) in [5, 5.41) is 0. The molecule has 2 atom stereocenters. The second kappa shape index (κ2) is 2.67. The highest BCUT2D eigenvalue weighted by molar-refractivity contribution is 4.74. The van der Waals surface area contributed by atoms with Crippen LogP contribution in [0.25, 0.3) is 0 Å². The number of epoxide rings is 1. The van der Waals surface area contributed by atoms with Crippen molar-refractivity contribution >= 4 is 0 Å². The van der Waals surface area contributed by atoms with Gasteiger partial charge in [0.15, 0.2) is 0 Å². The van der Waals surface area contributed by atoms with E-state index in [1.807, 2.05) is 0 Å². The van der Waals surface area contributed by atoms with Gasteiger partial charge in [-0.25, -0.2) is 0 Å². The van der Waals surface area contributed by atoms with Crippen LogP contribution in [0.3, 0.4) is 0 Å². The Morgan fingerprint density at radius 3 is 2.56 bits per heavy atom. The molecule has 1 aliphatic rings. The Bertz CT molecular complexity index is 88.9. The predicted octanol–water partition coefficient (Wildman–Crippen LogP) is 0.725. The van der Waals surface area contributed by atoms with Crippen LogP contribution in [0.2, 0.25) is 0 Å². The third-order valence-electron chi connectivity index (χ3n) is 1.89. The smallest absolute Gasteiger partial charge is 0.0824 e. The normalized spacial score (nSPS) is 28.7. The van der Waals surface area contributed by atoms with Gasteiger partial charge in [-0.15, -0.1) is 0 Å². The van der Waals surface area contributed by atoms with Crippen LogP contribution >= 0.6 is 0 Å². The van der Waals surface area contributed by atoms with E-state index in [1.54, 1.807) is 0 Å². The van der Waals surface area contributed by atoms with Gasteiger partial charge in [-0.1, -0.05) is 0 Å². The molecule has 0 amide bonds. The maximum Gasteiger partial charge on any atom is 0.0824 e. The fourth-order valence-corrected chi connectivity index (χ4v) is 0.795. The van der Waals surface area contributed by atoms with E-state index in [9.17, 15) is 0 Å². The standard InChI is InChI=1S/C7H15NO/c1-6(8(2)3)4-7-5-9-7/h6-7H,4-5H2,1-3H3. The van der Waals surface area contributed by atoms with Gasteiger partial charge in [-0.2, -0.15) is 0 Å². The van der Waals surface area contributed by atoms with E-state index in [0.29, 0.717) is 12.1 Å². The predicted molar refractivity (Wildman–Crippen MR) is 37.5 cm³/mol. The molecule has 0 aromatic heterocycles. The molecule has 9 heavy (non-hydrogen) atoms. The van der Waals surface area contributed by atoms with Gasteiger partial charge in [0, 0.05) is 6.04 Å². The second-order valence-electron chi connectivity index (χ2n) is 3.00. The summed E-state index contributed by atoms with van der Waals surface area (Å²) < 4.78 is 5.10. The highest BCUT2D eigenvalue weighted by Gasteiger charge is 2.25. The maximum atomic E-state index is 5.10. The molecule has 54 valence electrons. The lowest BCUT2D eigenvalue weighted by molar-refractivity contribution is 0.268. The average Bonchev–Trinajstić information content (AvgIpc) is 2.50. The van der Waals surface area contributed by atoms with Crippen molar-refractivity contribution in [1.82, 2.24) is 4.90 Å². The molecule has 0 bridgehead atoms. The SMILES string of the molecule is CC(CC1CO1)N(C)C. The molecular formula is C7H15NO. The van der Waals surface area contributed by atoms with Gasteiger partial charge in [0.1, 0.15) is 0 Å². The summed E-state index contributed by atoms with van der Waals surface area (Å²) >= 11 is 0. The summed E-state index contributed by atoms with van der Waals surface area (Å²) in [5.41, 5.74) is 0. The average molecular weight is 129 g/mol. The van der Waals surface area contributed by atoms with E-state index in [-0.39, 0.29) is 0 Å².